The lowest BCUT2D eigenvalue weighted by molar-refractivity contribution is -0.154. The van der Waals surface area contributed by atoms with Crippen molar-refractivity contribution >= 4 is 28.3 Å². The number of esters is 1. The largest absolute Gasteiger partial charge is 0.490 e. The van der Waals surface area contributed by atoms with Gasteiger partial charge in [0.05, 0.1) is 18.4 Å². The quantitative estimate of drug-likeness (QED) is 0.226. The first-order valence-corrected chi connectivity index (χ1v) is 10.9. The molecule has 0 aliphatic rings. The Kier molecular flexibility index (Phi) is 6.60. The van der Waals surface area contributed by atoms with E-state index in [1.807, 2.05) is 0 Å². The van der Waals surface area contributed by atoms with Crippen LogP contribution in [0, 0.1) is 0 Å². The van der Waals surface area contributed by atoms with E-state index in [0.29, 0.717) is 0 Å². The van der Waals surface area contributed by atoms with Crippen LogP contribution in [0.2, 0.25) is 0 Å². The molecule has 0 aliphatic carbocycles. The van der Waals surface area contributed by atoms with Gasteiger partial charge in [0.15, 0.2) is 11.5 Å². The molecule has 4 rings (SSSR count). The first-order valence-electron chi connectivity index (χ1n) is 10.1. The van der Waals surface area contributed by atoms with Crippen LogP contribution in [-0.2, 0) is 17.4 Å². The van der Waals surface area contributed by atoms with Gasteiger partial charge in [-0.1, -0.05) is 18.2 Å². The van der Waals surface area contributed by atoms with Crippen LogP contribution in [0.1, 0.15) is 17.6 Å². The molecule has 10 heteroatoms. The fourth-order valence-electron chi connectivity index (χ4n) is 3.14. The van der Waals surface area contributed by atoms with Crippen LogP contribution < -0.4 is 19.6 Å². The summed E-state index contributed by atoms with van der Waals surface area (Å²) in [5.74, 6) is -3.19. The van der Waals surface area contributed by atoms with E-state index in [-0.39, 0.29) is 35.7 Å². The number of carbonyl (C=O) groups excluding carboxylic acids is 1. The number of carbonyl (C=O) groups is 1. The van der Waals surface area contributed by atoms with Gasteiger partial charge in [-0.25, -0.2) is 0 Å². The molecule has 0 unspecified atom stereocenters. The fourth-order valence-corrected chi connectivity index (χ4v) is 3.83. The summed E-state index contributed by atoms with van der Waals surface area (Å²) in [7, 11) is 0. The minimum Gasteiger partial charge on any atom is -0.490 e. The summed E-state index contributed by atoms with van der Waals surface area (Å²) in [6.45, 7) is 1.94. The zero-order valence-corrected chi connectivity index (χ0v) is 18.5. The van der Waals surface area contributed by atoms with Gasteiger partial charge in [-0.15, -0.1) is 11.3 Å². The van der Waals surface area contributed by atoms with E-state index in [9.17, 15) is 22.8 Å². The van der Waals surface area contributed by atoms with Crippen molar-refractivity contribution in [2.24, 2.45) is 0 Å². The molecule has 2 heterocycles. The van der Waals surface area contributed by atoms with Crippen molar-refractivity contribution in [2.75, 3.05) is 6.61 Å². The van der Waals surface area contributed by atoms with Crippen LogP contribution in [0.25, 0.3) is 11.0 Å². The molecule has 0 bridgehead atoms. The number of hydrogen-bond donors (Lipinski definition) is 0. The van der Waals surface area contributed by atoms with Crippen LogP contribution in [-0.4, -0.2) is 12.6 Å². The van der Waals surface area contributed by atoms with E-state index in [1.165, 1.54) is 41.7 Å². The highest BCUT2D eigenvalue weighted by Crippen LogP contribution is 2.40. The summed E-state index contributed by atoms with van der Waals surface area (Å²) in [5.41, 5.74) is -1.43. The third-order valence-electron chi connectivity index (χ3n) is 4.57. The second-order valence-corrected chi connectivity index (χ2v) is 7.99. The molecule has 0 saturated carbocycles. The van der Waals surface area contributed by atoms with Gasteiger partial charge in [0.2, 0.25) is 11.2 Å². The molecule has 0 atom stereocenters. The van der Waals surface area contributed by atoms with Crippen molar-refractivity contribution in [2.45, 2.75) is 19.5 Å². The predicted octanol–water partition coefficient (Wildman–Crippen LogP) is 6.21. The Labute approximate surface area is 195 Å². The van der Waals surface area contributed by atoms with Crippen molar-refractivity contribution in [3.8, 4) is 23.0 Å². The molecule has 0 spiro atoms. The Hall–Kier alpha value is -3.79. The molecular formula is C24H17F3O6S. The highest BCUT2D eigenvalue weighted by atomic mass is 32.1. The van der Waals surface area contributed by atoms with Crippen LogP contribution in [0.15, 0.2) is 69.2 Å². The average molecular weight is 490 g/mol. The Balaban J connectivity index is 1.73. The SMILES string of the molecule is CCOc1ccccc1Oc1c(C(F)(F)F)oc2cc(OC(=O)Cc3cccs3)ccc2c1=O. The third-order valence-corrected chi connectivity index (χ3v) is 5.45. The van der Waals surface area contributed by atoms with E-state index >= 15 is 0 Å². The van der Waals surface area contributed by atoms with E-state index in [2.05, 4.69) is 0 Å². The molecule has 0 aliphatic heterocycles. The fraction of sp³-hybridized carbons (Fsp3) is 0.167. The maximum Gasteiger partial charge on any atom is 0.453 e. The number of alkyl halides is 3. The standard InChI is InChI=1S/C24H17F3O6S/c1-2-30-17-7-3-4-8-18(17)32-22-21(29)16-10-9-14(12-19(16)33-23(22)24(25,26)27)31-20(28)13-15-6-5-11-34-15/h3-12H,2,13H2,1H3. The lowest BCUT2D eigenvalue weighted by atomic mass is 10.2. The zero-order valence-electron chi connectivity index (χ0n) is 17.7. The van der Waals surface area contributed by atoms with Crippen molar-refractivity contribution in [1.82, 2.24) is 0 Å². The number of hydrogen-bond acceptors (Lipinski definition) is 7. The van der Waals surface area contributed by atoms with Crippen molar-refractivity contribution in [1.29, 1.82) is 0 Å². The molecule has 2 aromatic heterocycles. The van der Waals surface area contributed by atoms with Gasteiger partial charge in [-0.2, -0.15) is 13.2 Å². The van der Waals surface area contributed by atoms with Crippen molar-refractivity contribution in [3.63, 3.8) is 0 Å². The summed E-state index contributed by atoms with van der Waals surface area (Å²) in [5, 5.41) is 1.63. The number of thiophene rings is 1. The first-order chi connectivity index (χ1) is 16.3. The van der Waals surface area contributed by atoms with Gasteiger partial charge in [0, 0.05) is 10.9 Å². The second kappa shape index (κ2) is 9.60. The summed E-state index contributed by atoms with van der Waals surface area (Å²) in [6, 6.07) is 13.2. The van der Waals surface area contributed by atoms with Gasteiger partial charge < -0.3 is 18.6 Å². The summed E-state index contributed by atoms with van der Waals surface area (Å²) in [6.07, 6.45) is -5.03. The Morgan fingerprint density at radius 3 is 2.50 bits per heavy atom. The maximum absolute atomic E-state index is 13.8. The number of ether oxygens (including phenoxy) is 3. The van der Waals surface area contributed by atoms with Crippen LogP contribution >= 0.6 is 11.3 Å². The summed E-state index contributed by atoms with van der Waals surface area (Å²) in [4.78, 5) is 25.9. The minimum atomic E-state index is -5.03. The summed E-state index contributed by atoms with van der Waals surface area (Å²) < 4.78 is 62.4. The van der Waals surface area contributed by atoms with Crippen LogP contribution in [0.4, 0.5) is 13.2 Å². The Morgan fingerprint density at radius 2 is 1.82 bits per heavy atom. The lowest BCUT2D eigenvalue weighted by Crippen LogP contribution is -2.16. The highest BCUT2D eigenvalue weighted by Gasteiger charge is 2.40. The predicted molar refractivity (Wildman–Crippen MR) is 119 cm³/mol. The molecule has 2 aromatic carbocycles. The van der Waals surface area contributed by atoms with E-state index in [0.717, 1.165) is 10.9 Å². The molecule has 0 fully saturated rings. The molecule has 0 saturated heterocycles. The molecule has 34 heavy (non-hydrogen) atoms. The van der Waals surface area contributed by atoms with Gasteiger partial charge in [0.1, 0.15) is 11.3 Å². The molecule has 0 amide bonds. The Morgan fingerprint density at radius 1 is 1.06 bits per heavy atom. The highest BCUT2D eigenvalue weighted by molar-refractivity contribution is 7.10. The van der Waals surface area contributed by atoms with Crippen molar-refractivity contribution in [3.05, 3.63) is 80.8 Å². The van der Waals surface area contributed by atoms with Crippen LogP contribution in [0.3, 0.4) is 0 Å². The van der Waals surface area contributed by atoms with E-state index < -0.39 is 34.7 Å². The van der Waals surface area contributed by atoms with Gasteiger partial charge in [-0.05, 0) is 42.6 Å². The number of fused-ring (bicyclic) bond motifs is 1. The number of para-hydroxylation sites is 2. The van der Waals surface area contributed by atoms with Gasteiger partial charge in [0.25, 0.3) is 5.76 Å². The topological polar surface area (TPSA) is 75.0 Å². The monoisotopic (exact) mass is 490 g/mol. The number of halogens is 3. The molecule has 176 valence electrons. The van der Waals surface area contributed by atoms with E-state index in [1.54, 1.807) is 30.5 Å². The maximum atomic E-state index is 13.8. The molecule has 0 N–H and O–H groups in total. The van der Waals surface area contributed by atoms with Crippen LogP contribution in [0.5, 0.6) is 23.0 Å². The Bertz CT molecular complexity index is 1380. The first kappa shape index (κ1) is 23.4. The number of rotatable bonds is 7. The molecule has 0 radical (unpaired) electrons. The third kappa shape index (κ3) is 5.07. The molecule has 4 aromatic rings. The van der Waals surface area contributed by atoms with Crippen molar-refractivity contribution < 1.29 is 36.6 Å². The zero-order chi connectivity index (χ0) is 24.3. The number of benzene rings is 2. The average Bonchev–Trinajstić information content (AvgIpc) is 3.29. The summed E-state index contributed by atoms with van der Waals surface area (Å²) >= 11 is 1.37. The van der Waals surface area contributed by atoms with Gasteiger partial charge >= 0.3 is 12.1 Å². The second-order valence-electron chi connectivity index (χ2n) is 6.96. The van der Waals surface area contributed by atoms with E-state index in [4.69, 9.17) is 18.6 Å². The smallest absolute Gasteiger partial charge is 0.453 e. The molecular weight excluding hydrogens is 473 g/mol. The van der Waals surface area contributed by atoms with Gasteiger partial charge in [-0.3, -0.25) is 9.59 Å². The molecule has 6 nitrogen and oxygen atoms in total. The minimum absolute atomic E-state index is 0.000525. The normalized spacial score (nSPS) is 11.4. The lowest BCUT2D eigenvalue weighted by Gasteiger charge is -2.15.